The van der Waals surface area contributed by atoms with Crippen LogP contribution in [0.15, 0.2) is 30.3 Å². The third-order valence-corrected chi connectivity index (χ3v) is 7.52. The van der Waals surface area contributed by atoms with E-state index >= 15 is 0 Å². The van der Waals surface area contributed by atoms with Gasteiger partial charge in [-0.3, -0.25) is 0 Å². The summed E-state index contributed by atoms with van der Waals surface area (Å²) in [5.74, 6) is 0.495. The maximum atomic E-state index is 13.7. The summed E-state index contributed by atoms with van der Waals surface area (Å²) in [4.78, 5) is 10.0. The second-order valence-corrected chi connectivity index (χ2v) is 10.8. The van der Waals surface area contributed by atoms with E-state index < -0.39 is 11.9 Å². The fraction of sp³-hybridized carbons (Fsp3) is 0.577. The number of aromatic nitrogens is 2. The van der Waals surface area contributed by atoms with Crippen molar-refractivity contribution in [3.8, 4) is 0 Å². The Morgan fingerprint density at radius 2 is 1.69 bits per heavy atom. The average Bonchev–Trinajstić information content (AvgIpc) is 2.82. The minimum absolute atomic E-state index is 0.160. The monoisotopic (exact) mass is 523 g/mol. The molecule has 1 aromatic carbocycles. The van der Waals surface area contributed by atoms with Crippen LogP contribution < -0.4 is 15.5 Å². The molecule has 2 aromatic rings. The van der Waals surface area contributed by atoms with Gasteiger partial charge in [-0.05, 0) is 61.0 Å². The second-order valence-electron chi connectivity index (χ2n) is 10.4. The quantitative estimate of drug-likeness (QED) is 0.354. The Morgan fingerprint density at radius 3 is 2.31 bits per heavy atom. The molecule has 1 saturated carbocycles. The van der Waals surface area contributed by atoms with E-state index in [0.29, 0.717) is 31.5 Å². The Labute approximate surface area is 215 Å². The summed E-state index contributed by atoms with van der Waals surface area (Å²) >= 11 is 5.44. The lowest BCUT2D eigenvalue weighted by Crippen LogP contribution is -2.44. The molecule has 2 fully saturated rings. The molecule has 1 aromatic heterocycles. The van der Waals surface area contributed by atoms with Crippen LogP contribution in [0.2, 0.25) is 0 Å². The van der Waals surface area contributed by atoms with E-state index in [-0.39, 0.29) is 28.1 Å². The summed E-state index contributed by atoms with van der Waals surface area (Å²) in [7, 11) is 0. The molecule has 4 rings (SSSR count). The molecule has 0 radical (unpaired) electrons. The molecule has 1 saturated heterocycles. The minimum atomic E-state index is -4.61. The molecule has 2 heterocycles. The number of halogens is 4. The first kappa shape index (κ1) is 26.6. The van der Waals surface area contributed by atoms with Crippen molar-refractivity contribution >= 4 is 29.1 Å². The van der Waals surface area contributed by atoms with E-state index in [1.54, 1.807) is 0 Å². The highest BCUT2D eigenvalue weighted by molar-refractivity contribution is 7.80. The van der Waals surface area contributed by atoms with Crippen LogP contribution in [-0.4, -0.2) is 34.7 Å². The lowest BCUT2D eigenvalue weighted by molar-refractivity contribution is -0.141. The molecule has 1 aliphatic carbocycles. The number of anilines is 2. The zero-order valence-corrected chi connectivity index (χ0v) is 21.5. The number of benzene rings is 1. The van der Waals surface area contributed by atoms with Crippen LogP contribution >= 0.6 is 12.2 Å². The van der Waals surface area contributed by atoms with Gasteiger partial charge in [-0.25, -0.2) is 9.37 Å². The highest BCUT2D eigenvalue weighted by atomic mass is 32.1. The highest BCUT2D eigenvalue weighted by Crippen LogP contribution is 2.39. The van der Waals surface area contributed by atoms with Gasteiger partial charge in [-0.2, -0.15) is 18.2 Å². The van der Waals surface area contributed by atoms with Crippen molar-refractivity contribution in [3.63, 3.8) is 0 Å². The Hall–Kier alpha value is -2.49. The Bertz CT molecular complexity index is 1040. The van der Waals surface area contributed by atoms with Gasteiger partial charge in [0.1, 0.15) is 11.6 Å². The largest absolute Gasteiger partial charge is 0.433 e. The van der Waals surface area contributed by atoms with Crippen LogP contribution in [0.3, 0.4) is 0 Å². The lowest BCUT2D eigenvalue weighted by Gasteiger charge is -2.38. The van der Waals surface area contributed by atoms with E-state index in [9.17, 15) is 17.6 Å². The number of hydrogen-bond donors (Lipinski definition) is 2. The molecule has 36 heavy (non-hydrogen) atoms. The van der Waals surface area contributed by atoms with E-state index in [1.807, 2.05) is 17.0 Å². The molecule has 2 N–H and O–H groups in total. The third kappa shape index (κ3) is 6.44. The van der Waals surface area contributed by atoms with Gasteiger partial charge in [-0.1, -0.05) is 45.2 Å². The molecule has 5 nitrogen and oxygen atoms in total. The van der Waals surface area contributed by atoms with Crippen molar-refractivity contribution in [3.05, 3.63) is 47.4 Å². The molecule has 2 atom stereocenters. The van der Waals surface area contributed by atoms with Gasteiger partial charge in [0.05, 0.1) is 0 Å². The van der Waals surface area contributed by atoms with Gasteiger partial charge in [0.25, 0.3) is 0 Å². The first-order chi connectivity index (χ1) is 17.0. The molecule has 0 spiro atoms. The van der Waals surface area contributed by atoms with Gasteiger partial charge in [0, 0.05) is 31.1 Å². The smallest absolute Gasteiger partial charge is 0.361 e. The fourth-order valence-electron chi connectivity index (χ4n) is 5.64. The van der Waals surface area contributed by atoms with Crippen molar-refractivity contribution < 1.29 is 17.6 Å². The summed E-state index contributed by atoms with van der Waals surface area (Å²) in [6, 6.07) is 7.55. The van der Waals surface area contributed by atoms with Crippen molar-refractivity contribution in [2.45, 2.75) is 64.0 Å². The number of piperidine rings is 1. The summed E-state index contributed by atoms with van der Waals surface area (Å²) in [6.45, 7) is 5.95. The van der Waals surface area contributed by atoms with Crippen LogP contribution in [0, 0.1) is 17.7 Å². The topological polar surface area (TPSA) is 53.1 Å². The first-order valence-corrected chi connectivity index (χ1v) is 13.0. The number of nitrogens with one attached hydrogen (secondary N) is 2. The zero-order chi connectivity index (χ0) is 25.9. The molecule has 2 unspecified atom stereocenters. The third-order valence-electron chi connectivity index (χ3n) is 7.28. The predicted molar refractivity (Wildman–Crippen MR) is 138 cm³/mol. The molecule has 10 heteroatoms. The van der Waals surface area contributed by atoms with Gasteiger partial charge in [0.2, 0.25) is 5.95 Å². The van der Waals surface area contributed by atoms with Crippen molar-refractivity contribution in [1.29, 1.82) is 0 Å². The maximum Gasteiger partial charge on any atom is 0.433 e. The van der Waals surface area contributed by atoms with E-state index in [4.69, 9.17) is 12.2 Å². The number of alkyl halides is 3. The number of nitrogens with zero attached hydrogens (tertiary/aromatic N) is 3. The number of rotatable bonds is 5. The minimum Gasteiger partial charge on any atom is -0.361 e. The van der Waals surface area contributed by atoms with E-state index in [0.717, 1.165) is 50.2 Å². The Kier molecular flexibility index (Phi) is 8.02. The fourth-order valence-corrected chi connectivity index (χ4v) is 5.81. The van der Waals surface area contributed by atoms with Crippen LogP contribution in [-0.2, 0) is 11.6 Å². The van der Waals surface area contributed by atoms with E-state index in [1.165, 1.54) is 12.1 Å². The van der Waals surface area contributed by atoms with Crippen LogP contribution in [0.1, 0.15) is 63.6 Å². The Balaban J connectivity index is 1.51. The van der Waals surface area contributed by atoms with Crippen LogP contribution in [0.25, 0.3) is 0 Å². The van der Waals surface area contributed by atoms with Gasteiger partial charge in [-0.15, -0.1) is 0 Å². The summed E-state index contributed by atoms with van der Waals surface area (Å²) < 4.78 is 54.5. The van der Waals surface area contributed by atoms with Gasteiger partial charge < -0.3 is 15.5 Å². The molecular weight excluding hydrogens is 490 g/mol. The lowest BCUT2D eigenvalue weighted by atomic mass is 9.69. The molecule has 2 aliphatic rings. The molecule has 0 amide bonds. The molecule has 0 bridgehead atoms. The maximum absolute atomic E-state index is 13.7. The van der Waals surface area contributed by atoms with Crippen LogP contribution in [0.4, 0.5) is 29.3 Å². The second kappa shape index (κ2) is 10.9. The first-order valence-electron chi connectivity index (χ1n) is 12.6. The molecule has 196 valence electrons. The van der Waals surface area contributed by atoms with E-state index in [2.05, 4.69) is 34.4 Å². The standard InChI is InChI=1S/C26H33F4N5S/c1-17-12-18(2)15-35(14-17)22-13-21(26(28,29)30)32-23(33-22)34-24(36)31-16-25(10-4-3-5-11-25)19-6-8-20(27)9-7-19/h6-9,13,17-18H,3-5,10-12,14-16H2,1-2H3,(H2,31,32,33,34,36). The van der Waals surface area contributed by atoms with Crippen molar-refractivity contribution in [1.82, 2.24) is 15.3 Å². The SMILES string of the molecule is CC1CC(C)CN(c2cc(C(F)(F)F)nc(NC(=S)NCC3(c4ccc(F)cc4)CCCCC3)n2)C1. The summed E-state index contributed by atoms with van der Waals surface area (Å²) in [6.07, 6.45) is 1.50. The predicted octanol–water partition coefficient (Wildman–Crippen LogP) is 6.31. The summed E-state index contributed by atoms with van der Waals surface area (Å²) in [5, 5.41) is 6.12. The van der Waals surface area contributed by atoms with Gasteiger partial charge >= 0.3 is 6.18 Å². The van der Waals surface area contributed by atoms with Crippen LogP contribution in [0.5, 0.6) is 0 Å². The Morgan fingerprint density at radius 1 is 1.06 bits per heavy atom. The van der Waals surface area contributed by atoms with Crippen molar-refractivity contribution in [2.24, 2.45) is 11.8 Å². The van der Waals surface area contributed by atoms with Gasteiger partial charge in [0.15, 0.2) is 10.8 Å². The zero-order valence-electron chi connectivity index (χ0n) is 20.7. The molecule has 1 aliphatic heterocycles. The normalized spacial score (nSPS) is 22.2. The summed E-state index contributed by atoms with van der Waals surface area (Å²) in [5.41, 5.74) is -0.194. The highest BCUT2D eigenvalue weighted by Gasteiger charge is 2.36. The van der Waals surface area contributed by atoms with Crippen molar-refractivity contribution in [2.75, 3.05) is 29.9 Å². The molecular formula is C26H33F4N5S. The average molecular weight is 524 g/mol. The number of hydrogen-bond acceptors (Lipinski definition) is 4. The number of thiocarbonyl (C=S) groups is 1.